The van der Waals surface area contributed by atoms with Gasteiger partial charge in [-0.05, 0) is 42.5 Å². The quantitative estimate of drug-likeness (QED) is 0.830. The van der Waals surface area contributed by atoms with E-state index in [4.69, 9.17) is 0 Å². The maximum atomic E-state index is 14.0. The molecule has 0 amide bonds. The number of hydrogen-bond donors (Lipinski definition) is 1. The first-order valence-corrected chi connectivity index (χ1v) is 9.50. The van der Waals surface area contributed by atoms with Crippen molar-refractivity contribution >= 4 is 21.1 Å². The number of fused-ring (bicyclic) bond motifs is 1. The number of nitrogens with zero attached hydrogens (tertiary/aromatic N) is 2. The van der Waals surface area contributed by atoms with E-state index in [2.05, 4.69) is 23.1 Å². The van der Waals surface area contributed by atoms with Crippen molar-refractivity contribution in [2.24, 2.45) is 5.92 Å². The van der Waals surface area contributed by atoms with Gasteiger partial charge in [0, 0.05) is 44.3 Å². The maximum absolute atomic E-state index is 14.0. The summed E-state index contributed by atoms with van der Waals surface area (Å²) in [5.74, 6) is 0.228. The van der Waals surface area contributed by atoms with Crippen molar-refractivity contribution in [3.05, 3.63) is 35.3 Å². The largest absolute Gasteiger partial charge is 0.347 e. The Bertz CT molecular complexity index is 826. The number of benzene rings is 1. The van der Waals surface area contributed by atoms with Gasteiger partial charge in [0.25, 0.3) is 10.2 Å². The fraction of sp³-hybridized carbons (Fsp3) is 0.529. The predicted octanol–water partition coefficient (Wildman–Crippen LogP) is 2.68. The Hall–Kier alpha value is -1.44. The van der Waals surface area contributed by atoms with Crippen LogP contribution in [0.3, 0.4) is 0 Å². The van der Waals surface area contributed by atoms with E-state index in [1.807, 2.05) is 12.3 Å². The molecule has 0 aliphatic carbocycles. The highest BCUT2D eigenvalue weighted by atomic mass is 32.2. The minimum Gasteiger partial charge on any atom is -0.347 e. The van der Waals surface area contributed by atoms with Crippen LogP contribution in [0.5, 0.6) is 0 Å². The molecule has 1 heterocycles. The average molecular weight is 355 g/mol. The number of rotatable bonds is 7. The Morgan fingerprint density at radius 2 is 1.96 bits per heavy atom. The van der Waals surface area contributed by atoms with Crippen LogP contribution in [0.25, 0.3) is 10.9 Å². The van der Waals surface area contributed by atoms with Crippen molar-refractivity contribution in [2.75, 3.05) is 20.6 Å². The van der Waals surface area contributed by atoms with E-state index in [0.717, 1.165) is 27.3 Å². The molecule has 2 rings (SSSR count). The molecular formula is C17H26FN3O2S. The van der Waals surface area contributed by atoms with E-state index < -0.39 is 10.2 Å². The van der Waals surface area contributed by atoms with Gasteiger partial charge in [-0.3, -0.25) is 0 Å². The smallest absolute Gasteiger partial charge is 0.278 e. The summed E-state index contributed by atoms with van der Waals surface area (Å²) in [6, 6.07) is 3.41. The van der Waals surface area contributed by atoms with Crippen LogP contribution in [0, 0.1) is 18.7 Å². The highest BCUT2D eigenvalue weighted by Gasteiger charge is 2.15. The summed E-state index contributed by atoms with van der Waals surface area (Å²) in [6.45, 7) is 7.13. The molecule has 0 aliphatic rings. The van der Waals surface area contributed by atoms with Crippen LogP contribution in [-0.4, -0.2) is 37.9 Å². The van der Waals surface area contributed by atoms with E-state index in [1.165, 1.54) is 14.1 Å². The lowest BCUT2D eigenvalue weighted by atomic mass is 10.1. The van der Waals surface area contributed by atoms with Crippen LogP contribution in [0.15, 0.2) is 18.3 Å². The second-order valence-electron chi connectivity index (χ2n) is 6.75. The number of hydrogen-bond acceptors (Lipinski definition) is 2. The summed E-state index contributed by atoms with van der Waals surface area (Å²) in [5.41, 5.74) is 2.56. The van der Waals surface area contributed by atoms with Gasteiger partial charge < -0.3 is 4.57 Å². The maximum Gasteiger partial charge on any atom is 0.278 e. The average Bonchev–Trinajstić information content (AvgIpc) is 2.76. The standard InChI is InChI=1S/C17H26FN3O2S/c1-12(2)10-21-11-14(6-7-19-24(22,23)20(4)5)15-9-16(18)13(3)8-17(15)21/h8-9,11-12,19H,6-7,10H2,1-5H3. The van der Waals surface area contributed by atoms with Crippen LogP contribution < -0.4 is 4.72 Å². The molecule has 0 unspecified atom stereocenters. The van der Waals surface area contributed by atoms with Crippen molar-refractivity contribution in [3.8, 4) is 0 Å². The molecule has 2 aromatic rings. The first-order chi connectivity index (χ1) is 11.1. The van der Waals surface area contributed by atoms with E-state index in [-0.39, 0.29) is 12.4 Å². The van der Waals surface area contributed by atoms with E-state index in [9.17, 15) is 12.8 Å². The normalized spacial score (nSPS) is 12.7. The SMILES string of the molecule is Cc1cc2c(cc1F)c(CCNS(=O)(=O)N(C)C)cn2CC(C)C. The van der Waals surface area contributed by atoms with E-state index in [0.29, 0.717) is 17.9 Å². The lowest BCUT2D eigenvalue weighted by Gasteiger charge is -2.11. The Morgan fingerprint density at radius 1 is 1.29 bits per heavy atom. The highest BCUT2D eigenvalue weighted by molar-refractivity contribution is 7.87. The van der Waals surface area contributed by atoms with Crippen LogP contribution in [0.2, 0.25) is 0 Å². The highest BCUT2D eigenvalue weighted by Crippen LogP contribution is 2.26. The van der Waals surface area contributed by atoms with Crippen LogP contribution in [-0.2, 0) is 23.2 Å². The fourth-order valence-corrected chi connectivity index (χ4v) is 3.29. The first kappa shape index (κ1) is 18.9. The van der Waals surface area contributed by atoms with Crippen molar-refractivity contribution in [1.29, 1.82) is 0 Å². The Labute approximate surface area is 143 Å². The zero-order valence-corrected chi connectivity index (χ0v) is 15.7. The van der Waals surface area contributed by atoms with Gasteiger partial charge in [-0.1, -0.05) is 13.8 Å². The molecule has 5 nitrogen and oxygen atoms in total. The van der Waals surface area contributed by atoms with Crippen molar-refractivity contribution in [1.82, 2.24) is 13.6 Å². The summed E-state index contributed by atoms with van der Waals surface area (Å²) >= 11 is 0. The molecule has 0 saturated carbocycles. The molecular weight excluding hydrogens is 329 g/mol. The van der Waals surface area contributed by atoms with Gasteiger partial charge in [-0.15, -0.1) is 0 Å². The number of aromatic nitrogens is 1. The molecule has 1 aromatic heterocycles. The molecule has 1 N–H and O–H groups in total. The Kier molecular flexibility index (Phi) is 5.67. The monoisotopic (exact) mass is 355 g/mol. The minimum absolute atomic E-state index is 0.236. The van der Waals surface area contributed by atoms with Gasteiger partial charge in [-0.2, -0.15) is 12.7 Å². The van der Waals surface area contributed by atoms with Crippen LogP contribution in [0.1, 0.15) is 25.0 Å². The predicted molar refractivity (Wildman–Crippen MR) is 95.8 cm³/mol. The minimum atomic E-state index is -3.45. The third kappa shape index (κ3) is 4.15. The molecule has 0 bridgehead atoms. The van der Waals surface area contributed by atoms with E-state index >= 15 is 0 Å². The van der Waals surface area contributed by atoms with Crippen LogP contribution >= 0.6 is 0 Å². The molecule has 0 spiro atoms. The summed E-state index contributed by atoms with van der Waals surface area (Å²) in [7, 11) is -0.484. The third-order valence-corrected chi connectivity index (χ3v) is 5.50. The van der Waals surface area contributed by atoms with Crippen molar-refractivity contribution in [2.45, 2.75) is 33.7 Å². The van der Waals surface area contributed by atoms with Crippen LogP contribution in [0.4, 0.5) is 4.39 Å². The second kappa shape index (κ2) is 7.21. The lowest BCUT2D eigenvalue weighted by Crippen LogP contribution is -2.36. The first-order valence-electron chi connectivity index (χ1n) is 8.06. The zero-order chi connectivity index (χ0) is 18.1. The molecule has 7 heteroatoms. The van der Waals surface area contributed by atoms with Gasteiger partial charge in [0.15, 0.2) is 0 Å². The van der Waals surface area contributed by atoms with Gasteiger partial charge in [-0.25, -0.2) is 9.11 Å². The molecule has 134 valence electrons. The van der Waals surface area contributed by atoms with Gasteiger partial charge >= 0.3 is 0 Å². The number of halogens is 1. The number of aryl methyl sites for hydroxylation is 1. The summed E-state index contributed by atoms with van der Waals surface area (Å²) in [6.07, 6.45) is 2.52. The van der Waals surface area contributed by atoms with Crippen molar-refractivity contribution in [3.63, 3.8) is 0 Å². The van der Waals surface area contributed by atoms with Gasteiger partial charge in [0.1, 0.15) is 5.82 Å². The Balaban J connectivity index is 2.31. The van der Waals surface area contributed by atoms with Gasteiger partial charge in [0.2, 0.25) is 0 Å². The summed E-state index contributed by atoms with van der Waals surface area (Å²) < 4.78 is 43.4. The molecule has 0 aliphatic heterocycles. The van der Waals surface area contributed by atoms with E-state index in [1.54, 1.807) is 13.0 Å². The molecule has 0 fully saturated rings. The summed E-state index contributed by atoms with van der Waals surface area (Å²) in [5, 5.41) is 0.850. The Morgan fingerprint density at radius 3 is 2.54 bits per heavy atom. The zero-order valence-electron chi connectivity index (χ0n) is 14.9. The third-order valence-electron chi connectivity index (χ3n) is 3.97. The summed E-state index contributed by atoms with van der Waals surface area (Å²) in [4.78, 5) is 0. The molecule has 1 aromatic carbocycles. The second-order valence-corrected chi connectivity index (χ2v) is 8.72. The fourth-order valence-electron chi connectivity index (χ4n) is 2.68. The van der Waals surface area contributed by atoms with Gasteiger partial charge in [0.05, 0.1) is 0 Å². The molecule has 0 atom stereocenters. The topological polar surface area (TPSA) is 54.3 Å². The number of nitrogens with one attached hydrogen (secondary N) is 1. The van der Waals surface area contributed by atoms with Crippen molar-refractivity contribution < 1.29 is 12.8 Å². The molecule has 24 heavy (non-hydrogen) atoms. The lowest BCUT2D eigenvalue weighted by molar-refractivity contribution is 0.506. The molecule has 0 saturated heterocycles. The molecule has 0 radical (unpaired) electrons.